The van der Waals surface area contributed by atoms with E-state index in [9.17, 15) is 24.6 Å². The van der Waals surface area contributed by atoms with E-state index in [1.807, 2.05) is 20.8 Å². The second-order valence-corrected chi connectivity index (χ2v) is 9.69. The average molecular weight is 542 g/mol. The number of ether oxygens (including phenoxy) is 2. The summed E-state index contributed by atoms with van der Waals surface area (Å²) in [7, 11) is 1.50. The Kier molecular flexibility index (Phi) is 6.76. The first kappa shape index (κ1) is 26.5. The maximum atomic E-state index is 13.5. The van der Waals surface area contributed by atoms with Crippen molar-refractivity contribution >= 4 is 40.4 Å². The normalized spacial score (nSPS) is 16.6. The van der Waals surface area contributed by atoms with Gasteiger partial charge in [0, 0.05) is 5.56 Å². The number of nitrogens with one attached hydrogen (secondary N) is 1. The number of methoxy groups -OCH3 is 1. The summed E-state index contributed by atoms with van der Waals surface area (Å²) in [6.45, 7) is 5.64. The van der Waals surface area contributed by atoms with Crippen molar-refractivity contribution in [2.24, 2.45) is 0 Å². The minimum Gasteiger partial charge on any atom is -0.507 e. The van der Waals surface area contributed by atoms with E-state index in [1.165, 1.54) is 30.2 Å². The maximum Gasteiger partial charge on any atom is 0.335 e. The molecule has 3 N–H and O–H groups in total. The molecule has 1 aliphatic heterocycles. The van der Waals surface area contributed by atoms with Gasteiger partial charge in [-0.3, -0.25) is 14.5 Å². The number of ketones is 1. The van der Waals surface area contributed by atoms with Gasteiger partial charge >= 0.3 is 11.9 Å². The summed E-state index contributed by atoms with van der Waals surface area (Å²) < 4.78 is 11.2. The number of Topliss-reactive ketones (excluding diaryl/α,β-unsaturated/α-hetero) is 1. The van der Waals surface area contributed by atoms with Gasteiger partial charge in [-0.1, -0.05) is 12.1 Å². The van der Waals surface area contributed by atoms with Crippen LogP contribution in [0, 0.1) is 6.92 Å². The number of rotatable bonds is 7. The lowest BCUT2D eigenvalue weighted by Gasteiger charge is -2.23. The molecule has 1 amide bonds. The number of aryl methyl sites for hydroxylation is 1. The fourth-order valence-electron chi connectivity index (χ4n) is 4.76. The molecule has 3 aromatic carbocycles. The summed E-state index contributed by atoms with van der Waals surface area (Å²) in [5, 5.41) is 20.8. The molecule has 204 valence electrons. The van der Waals surface area contributed by atoms with E-state index >= 15 is 0 Å². The summed E-state index contributed by atoms with van der Waals surface area (Å²) in [6, 6.07) is 15.1. The number of aromatic carboxylic acids is 1. The Balaban J connectivity index is 1.69. The van der Waals surface area contributed by atoms with Crippen molar-refractivity contribution in [1.82, 2.24) is 9.97 Å². The third-order valence-electron chi connectivity index (χ3n) is 6.61. The first-order valence-corrected chi connectivity index (χ1v) is 12.5. The number of imidazole rings is 1. The van der Waals surface area contributed by atoms with E-state index in [0.29, 0.717) is 33.7 Å². The Hall–Kier alpha value is -5.12. The van der Waals surface area contributed by atoms with Crippen LogP contribution in [-0.4, -0.2) is 51.1 Å². The Bertz CT molecular complexity index is 1700. The lowest BCUT2D eigenvalue weighted by Crippen LogP contribution is -2.30. The second kappa shape index (κ2) is 10.2. The number of carbonyl (C=O) groups is 3. The van der Waals surface area contributed by atoms with Crippen LogP contribution in [0.2, 0.25) is 0 Å². The molecule has 1 fully saturated rings. The Morgan fingerprint density at radius 2 is 1.77 bits per heavy atom. The van der Waals surface area contributed by atoms with Gasteiger partial charge in [-0.2, -0.15) is 0 Å². The van der Waals surface area contributed by atoms with E-state index in [1.54, 1.807) is 42.5 Å². The highest BCUT2D eigenvalue weighted by atomic mass is 16.5. The molecule has 1 saturated heterocycles. The predicted octanol–water partition coefficient (Wildman–Crippen LogP) is 4.99. The van der Waals surface area contributed by atoms with Crippen molar-refractivity contribution in [3.8, 4) is 11.5 Å². The number of fused-ring (bicyclic) bond motifs is 1. The quantitative estimate of drug-likeness (QED) is 0.169. The third kappa shape index (κ3) is 4.64. The molecule has 0 radical (unpaired) electrons. The number of amides is 1. The minimum absolute atomic E-state index is 0.0309. The topological polar surface area (TPSA) is 142 Å². The Labute approximate surface area is 229 Å². The number of aliphatic hydroxyl groups excluding tert-OH is 1. The van der Waals surface area contributed by atoms with Crippen LogP contribution in [0.5, 0.6) is 11.5 Å². The lowest BCUT2D eigenvalue weighted by molar-refractivity contribution is -0.132. The van der Waals surface area contributed by atoms with Gasteiger partial charge in [-0.05, 0) is 80.4 Å². The third-order valence-corrected chi connectivity index (χ3v) is 6.61. The molecule has 5 rings (SSSR count). The Morgan fingerprint density at radius 1 is 1.02 bits per heavy atom. The van der Waals surface area contributed by atoms with E-state index in [2.05, 4.69) is 9.97 Å². The number of H-pyrrole nitrogens is 1. The highest BCUT2D eigenvalue weighted by Crippen LogP contribution is 2.42. The molecule has 1 aliphatic rings. The lowest BCUT2D eigenvalue weighted by atomic mass is 9.94. The average Bonchev–Trinajstić information content (AvgIpc) is 3.46. The standard InChI is InChI=1S/C30H27N3O7/c1-15(2)40-23-11-9-18(12-16(23)3)26(34)24-25(17-6-5-7-20(13-17)39-4)33(28(36)27(24)35)30-31-21-10-8-19(29(37)38)14-22(21)32-30/h5-15,25,34H,1-4H3,(H,31,32)(H,37,38)/b26-24+. The number of aliphatic hydroxyl groups is 1. The highest BCUT2D eigenvalue weighted by Gasteiger charge is 2.48. The van der Waals surface area contributed by atoms with Crippen LogP contribution in [0.4, 0.5) is 5.95 Å². The van der Waals surface area contributed by atoms with Gasteiger partial charge < -0.3 is 24.7 Å². The zero-order valence-electron chi connectivity index (χ0n) is 22.3. The van der Waals surface area contributed by atoms with Gasteiger partial charge in [0.2, 0.25) is 5.95 Å². The molecule has 1 unspecified atom stereocenters. The molecule has 0 spiro atoms. The molecule has 10 heteroatoms. The zero-order chi connectivity index (χ0) is 28.7. The largest absolute Gasteiger partial charge is 0.507 e. The van der Waals surface area contributed by atoms with Gasteiger partial charge in [-0.15, -0.1) is 0 Å². The van der Waals surface area contributed by atoms with Crippen LogP contribution in [0.3, 0.4) is 0 Å². The summed E-state index contributed by atoms with van der Waals surface area (Å²) in [6.07, 6.45) is -0.0491. The number of aromatic nitrogens is 2. The number of hydrogen-bond donors (Lipinski definition) is 3. The number of nitrogens with zero attached hydrogens (tertiary/aromatic N) is 2. The van der Waals surface area contributed by atoms with Crippen molar-refractivity contribution in [2.75, 3.05) is 12.0 Å². The molecule has 1 atom stereocenters. The molecule has 0 bridgehead atoms. The van der Waals surface area contributed by atoms with Crippen LogP contribution in [-0.2, 0) is 9.59 Å². The number of carboxylic acid groups (broad SMARTS) is 1. The summed E-state index contributed by atoms with van der Waals surface area (Å²) in [4.78, 5) is 47.1. The van der Waals surface area contributed by atoms with Crippen LogP contribution in [0.25, 0.3) is 16.8 Å². The zero-order valence-corrected chi connectivity index (χ0v) is 22.3. The van der Waals surface area contributed by atoms with Gasteiger partial charge in [-0.25, -0.2) is 9.78 Å². The maximum absolute atomic E-state index is 13.5. The van der Waals surface area contributed by atoms with Crippen LogP contribution in [0.15, 0.2) is 66.2 Å². The monoisotopic (exact) mass is 541 g/mol. The van der Waals surface area contributed by atoms with Gasteiger partial charge in [0.25, 0.3) is 5.78 Å². The number of anilines is 1. The van der Waals surface area contributed by atoms with Crippen LogP contribution in [0.1, 0.15) is 46.9 Å². The number of carboxylic acids is 1. The molecule has 2 heterocycles. The molecule has 10 nitrogen and oxygen atoms in total. The predicted molar refractivity (Wildman–Crippen MR) is 148 cm³/mol. The van der Waals surface area contributed by atoms with E-state index in [-0.39, 0.29) is 28.9 Å². The van der Waals surface area contributed by atoms with Gasteiger partial charge in [0.05, 0.1) is 41.4 Å². The van der Waals surface area contributed by atoms with Crippen LogP contribution < -0.4 is 14.4 Å². The van der Waals surface area contributed by atoms with Crippen molar-refractivity contribution in [2.45, 2.75) is 32.9 Å². The summed E-state index contributed by atoms with van der Waals surface area (Å²) >= 11 is 0. The molecular formula is C30H27N3O7. The van der Waals surface area contributed by atoms with E-state index in [0.717, 1.165) is 5.56 Å². The second-order valence-electron chi connectivity index (χ2n) is 9.69. The van der Waals surface area contributed by atoms with Crippen molar-refractivity contribution in [3.63, 3.8) is 0 Å². The van der Waals surface area contributed by atoms with E-state index in [4.69, 9.17) is 9.47 Å². The van der Waals surface area contributed by atoms with Gasteiger partial charge in [0.15, 0.2) is 0 Å². The molecular weight excluding hydrogens is 514 g/mol. The summed E-state index contributed by atoms with van der Waals surface area (Å²) in [5.41, 5.74) is 2.28. The highest BCUT2D eigenvalue weighted by molar-refractivity contribution is 6.51. The molecule has 0 aliphatic carbocycles. The van der Waals surface area contributed by atoms with Crippen molar-refractivity contribution < 1.29 is 34.1 Å². The Morgan fingerprint density at radius 3 is 2.45 bits per heavy atom. The first-order valence-electron chi connectivity index (χ1n) is 12.5. The van der Waals surface area contributed by atoms with Crippen LogP contribution >= 0.6 is 0 Å². The van der Waals surface area contributed by atoms with E-state index < -0.39 is 23.7 Å². The molecule has 4 aromatic rings. The molecule has 1 aromatic heterocycles. The number of benzene rings is 3. The number of hydrogen-bond acceptors (Lipinski definition) is 7. The van der Waals surface area contributed by atoms with Crippen molar-refractivity contribution in [1.29, 1.82) is 0 Å². The fraction of sp³-hybridized carbons (Fsp3) is 0.200. The molecule has 40 heavy (non-hydrogen) atoms. The van der Waals surface area contributed by atoms with Crippen molar-refractivity contribution in [3.05, 3.63) is 88.5 Å². The molecule has 0 saturated carbocycles. The number of carbonyl (C=O) groups excluding carboxylic acids is 2. The smallest absolute Gasteiger partial charge is 0.335 e. The van der Waals surface area contributed by atoms with Gasteiger partial charge in [0.1, 0.15) is 17.3 Å². The SMILES string of the molecule is COc1cccc(C2/C(=C(\O)c3ccc(OC(C)C)c(C)c3)C(=O)C(=O)N2c2nc3ccc(C(=O)O)cc3[nH]2)c1. The summed E-state index contributed by atoms with van der Waals surface area (Å²) in [5.74, 6) is -2.10. The number of aromatic amines is 1. The fourth-order valence-corrected chi connectivity index (χ4v) is 4.76. The first-order chi connectivity index (χ1) is 19.1. The minimum atomic E-state index is -1.12.